The van der Waals surface area contributed by atoms with Gasteiger partial charge in [-0.2, -0.15) is 0 Å². The number of nitrogens with zero attached hydrogens (tertiary/aromatic N) is 2. The number of ether oxygens (including phenoxy) is 1. The molecule has 1 aliphatic rings. The summed E-state index contributed by atoms with van der Waals surface area (Å²) < 4.78 is 7.41. The molecule has 2 aromatic rings. The molecule has 0 saturated carbocycles. The van der Waals surface area contributed by atoms with Gasteiger partial charge >= 0.3 is 5.69 Å². The summed E-state index contributed by atoms with van der Waals surface area (Å²) in [5, 5.41) is 29.0. The molecule has 128 valence electrons. The van der Waals surface area contributed by atoms with Crippen LogP contribution in [0, 0.1) is 0 Å². The first-order valence-corrected chi connectivity index (χ1v) is 7.51. The minimum atomic E-state index is -1.39. The number of benzene rings is 1. The van der Waals surface area contributed by atoms with E-state index in [2.05, 4.69) is 0 Å². The largest absolute Gasteiger partial charge is 0.394 e. The molecular formula is C16H18N2O6. The van der Waals surface area contributed by atoms with E-state index in [9.17, 15) is 19.8 Å². The molecule has 1 fully saturated rings. The van der Waals surface area contributed by atoms with Crippen LogP contribution < -0.4 is 11.2 Å². The molecule has 0 spiro atoms. The topological polar surface area (TPSA) is 114 Å². The second-order valence-corrected chi connectivity index (χ2v) is 5.64. The van der Waals surface area contributed by atoms with E-state index in [1.54, 1.807) is 24.3 Å². The standard InChI is InChI=1S/C16H18N2O6/c19-9-11-13(21)14(22)15(24-11)17-7-6-12(20)18(16(17)23)8-10-4-2-1-3-5-10/h1-7,11,13-15,19,21-22H,8-9H2/t11-,13?,14+,15-/m1/s1. The van der Waals surface area contributed by atoms with Crippen molar-refractivity contribution in [2.75, 3.05) is 6.61 Å². The van der Waals surface area contributed by atoms with E-state index in [1.165, 1.54) is 12.3 Å². The normalized spacial score (nSPS) is 26.6. The second kappa shape index (κ2) is 6.70. The first kappa shape index (κ1) is 16.6. The molecule has 0 aliphatic carbocycles. The van der Waals surface area contributed by atoms with Crippen molar-refractivity contribution >= 4 is 0 Å². The summed E-state index contributed by atoms with van der Waals surface area (Å²) >= 11 is 0. The van der Waals surface area contributed by atoms with E-state index in [1.807, 2.05) is 6.07 Å². The first-order chi connectivity index (χ1) is 11.5. The molecule has 3 rings (SSSR count). The van der Waals surface area contributed by atoms with Gasteiger partial charge in [-0.1, -0.05) is 30.3 Å². The Morgan fingerprint density at radius 2 is 1.75 bits per heavy atom. The SMILES string of the molecule is O=c1ccn([C@@H]2O[C@H](CO)C(O)[C@@H]2O)c(=O)n1Cc1ccccc1. The molecule has 1 saturated heterocycles. The van der Waals surface area contributed by atoms with Gasteiger partial charge < -0.3 is 20.1 Å². The van der Waals surface area contributed by atoms with E-state index in [0.717, 1.165) is 14.7 Å². The molecule has 8 nitrogen and oxygen atoms in total. The molecule has 1 aromatic heterocycles. The summed E-state index contributed by atoms with van der Waals surface area (Å²) in [5.41, 5.74) is -0.372. The molecular weight excluding hydrogens is 316 g/mol. The highest BCUT2D eigenvalue weighted by molar-refractivity contribution is 5.15. The predicted octanol–water partition coefficient (Wildman–Crippen LogP) is -1.33. The quantitative estimate of drug-likeness (QED) is 0.638. The van der Waals surface area contributed by atoms with Crippen LogP contribution in [0.3, 0.4) is 0 Å². The van der Waals surface area contributed by atoms with Gasteiger partial charge in [0.05, 0.1) is 13.2 Å². The molecule has 3 N–H and O–H groups in total. The molecule has 1 unspecified atom stereocenters. The fourth-order valence-corrected chi connectivity index (χ4v) is 2.75. The Morgan fingerprint density at radius 1 is 1.04 bits per heavy atom. The van der Waals surface area contributed by atoms with E-state index in [4.69, 9.17) is 9.84 Å². The van der Waals surface area contributed by atoms with Crippen LogP contribution in [0.2, 0.25) is 0 Å². The second-order valence-electron chi connectivity index (χ2n) is 5.64. The van der Waals surface area contributed by atoms with Crippen molar-refractivity contribution in [3.05, 3.63) is 69.0 Å². The van der Waals surface area contributed by atoms with Crippen LogP contribution >= 0.6 is 0 Å². The summed E-state index contributed by atoms with van der Waals surface area (Å²) in [6.07, 6.45) is -3.66. The maximum atomic E-state index is 12.6. The van der Waals surface area contributed by atoms with Gasteiger partial charge in [-0.25, -0.2) is 4.79 Å². The van der Waals surface area contributed by atoms with E-state index >= 15 is 0 Å². The van der Waals surface area contributed by atoms with Crippen molar-refractivity contribution in [1.82, 2.24) is 9.13 Å². The lowest BCUT2D eigenvalue weighted by atomic mass is 10.1. The Bertz CT molecular complexity index is 815. The van der Waals surface area contributed by atoms with E-state index in [-0.39, 0.29) is 6.54 Å². The van der Waals surface area contributed by atoms with Crippen molar-refractivity contribution in [3.8, 4) is 0 Å². The number of rotatable bonds is 4. The Balaban J connectivity index is 1.98. The maximum absolute atomic E-state index is 12.6. The highest BCUT2D eigenvalue weighted by Crippen LogP contribution is 2.27. The Kier molecular flexibility index (Phi) is 4.63. The number of hydrogen-bond acceptors (Lipinski definition) is 6. The van der Waals surface area contributed by atoms with Crippen molar-refractivity contribution < 1.29 is 20.1 Å². The first-order valence-electron chi connectivity index (χ1n) is 7.51. The number of hydrogen-bond donors (Lipinski definition) is 3. The van der Waals surface area contributed by atoms with Gasteiger partial charge in [0.1, 0.15) is 18.3 Å². The van der Waals surface area contributed by atoms with Crippen molar-refractivity contribution in [2.24, 2.45) is 0 Å². The zero-order chi connectivity index (χ0) is 17.3. The predicted molar refractivity (Wildman–Crippen MR) is 83.5 cm³/mol. The van der Waals surface area contributed by atoms with E-state index in [0.29, 0.717) is 0 Å². The summed E-state index contributed by atoms with van der Waals surface area (Å²) in [5.74, 6) is 0. The lowest BCUT2D eigenvalue weighted by Gasteiger charge is -2.18. The molecule has 0 bridgehead atoms. The smallest absolute Gasteiger partial charge is 0.333 e. The average molecular weight is 334 g/mol. The van der Waals surface area contributed by atoms with Gasteiger partial charge in [0.25, 0.3) is 5.56 Å². The Labute approximate surface area is 136 Å². The summed E-state index contributed by atoms with van der Waals surface area (Å²) in [4.78, 5) is 24.7. The van der Waals surface area contributed by atoms with Crippen molar-refractivity contribution in [2.45, 2.75) is 31.1 Å². The van der Waals surface area contributed by atoms with Crippen LogP contribution in [0.5, 0.6) is 0 Å². The maximum Gasteiger partial charge on any atom is 0.333 e. The van der Waals surface area contributed by atoms with Gasteiger partial charge in [0.2, 0.25) is 0 Å². The molecule has 8 heteroatoms. The van der Waals surface area contributed by atoms with Crippen LogP contribution in [-0.4, -0.2) is 49.4 Å². The van der Waals surface area contributed by atoms with Crippen molar-refractivity contribution in [3.63, 3.8) is 0 Å². The van der Waals surface area contributed by atoms with Gasteiger partial charge in [-0.3, -0.25) is 13.9 Å². The van der Waals surface area contributed by atoms with E-state index < -0.39 is 42.4 Å². The van der Waals surface area contributed by atoms with Gasteiger partial charge in [0, 0.05) is 12.3 Å². The lowest BCUT2D eigenvalue weighted by molar-refractivity contribution is -0.0555. The van der Waals surface area contributed by atoms with Gasteiger partial charge in [-0.15, -0.1) is 0 Å². The molecule has 1 aromatic carbocycles. The summed E-state index contributed by atoms with van der Waals surface area (Å²) in [7, 11) is 0. The Hall–Kier alpha value is -2.26. The van der Waals surface area contributed by atoms with Crippen LogP contribution in [0.15, 0.2) is 52.2 Å². The van der Waals surface area contributed by atoms with Crippen LogP contribution in [0.1, 0.15) is 11.8 Å². The molecule has 0 radical (unpaired) electrons. The Morgan fingerprint density at radius 3 is 2.38 bits per heavy atom. The summed E-state index contributed by atoms with van der Waals surface area (Å²) in [6, 6.07) is 10.2. The van der Waals surface area contributed by atoms with Crippen LogP contribution in [0.25, 0.3) is 0 Å². The van der Waals surface area contributed by atoms with Gasteiger partial charge in [0.15, 0.2) is 6.23 Å². The highest BCUT2D eigenvalue weighted by Gasteiger charge is 2.43. The van der Waals surface area contributed by atoms with Gasteiger partial charge in [-0.05, 0) is 5.56 Å². The zero-order valence-electron chi connectivity index (χ0n) is 12.7. The molecule has 2 heterocycles. The molecule has 0 amide bonds. The minimum Gasteiger partial charge on any atom is -0.394 e. The number of aromatic nitrogens is 2. The lowest BCUT2D eigenvalue weighted by Crippen LogP contribution is -2.43. The summed E-state index contributed by atoms with van der Waals surface area (Å²) in [6.45, 7) is -0.415. The third-order valence-corrected chi connectivity index (χ3v) is 4.07. The molecule has 4 atom stereocenters. The number of aliphatic hydroxyl groups is 3. The highest BCUT2D eigenvalue weighted by atomic mass is 16.6. The number of aliphatic hydroxyl groups excluding tert-OH is 3. The third kappa shape index (κ3) is 2.92. The third-order valence-electron chi connectivity index (χ3n) is 4.07. The zero-order valence-corrected chi connectivity index (χ0v) is 12.7. The van der Waals surface area contributed by atoms with Crippen LogP contribution in [-0.2, 0) is 11.3 Å². The molecule has 1 aliphatic heterocycles. The monoisotopic (exact) mass is 334 g/mol. The van der Waals surface area contributed by atoms with Crippen LogP contribution in [0.4, 0.5) is 0 Å². The fraction of sp³-hybridized carbons (Fsp3) is 0.375. The molecule has 24 heavy (non-hydrogen) atoms. The van der Waals surface area contributed by atoms with Crippen molar-refractivity contribution in [1.29, 1.82) is 0 Å². The fourth-order valence-electron chi connectivity index (χ4n) is 2.75. The minimum absolute atomic E-state index is 0.0775. The average Bonchev–Trinajstić information content (AvgIpc) is 2.88.